The van der Waals surface area contributed by atoms with Gasteiger partial charge in [-0.25, -0.2) is 9.18 Å². The Balaban J connectivity index is 2.49. The van der Waals surface area contributed by atoms with Crippen molar-refractivity contribution in [2.24, 2.45) is 0 Å². The highest BCUT2D eigenvalue weighted by Crippen LogP contribution is 2.16. The average Bonchev–Trinajstić information content (AvgIpc) is 2.37. The topological polar surface area (TPSA) is 75.6 Å². The number of carbonyl (C=O) groups is 2. The first-order valence-electron chi connectivity index (χ1n) is 5.72. The lowest BCUT2D eigenvalue weighted by atomic mass is 10.1. The molecule has 0 radical (unpaired) electrons. The maximum atomic E-state index is 12.3. The van der Waals surface area contributed by atoms with Crippen molar-refractivity contribution in [3.63, 3.8) is 0 Å². The maximum Gasteiger partial charge on any atom is 0.328 e. The molecule has 0 saturated heterocycles. The van der Waals surface area contributed by atoms with Gasteiger partial charge in [0.15, 0.2) is 12.6 Å². The molecule has 0 aromatic heterocycles. The second-order valence-corrected chi connectivity index (χ2v) is 4.15. The summed E-state index contributed by atoms with van der Waals surface area (Å²) in [5, 5.41) is 10.6. The second-order valence-electron chi connectivity index (χ2n) is 4.15. The molecule has 1 atom stereocenters. The van der Waals surface area contributed by atoms with Crippen LogP contribution in [0.2, 0.25) is 0 Å². The number of nitrogens with one attached hydrogen (secondary N) is 1. The molecule has 0 bridgehead atoms. The number of rotatable bonds is 6. The van der Waals surface area contributed by atoms with E-state index in [-0.39, 0.29) is 6.61 Å². The Labute approximate surface area is 110 Å². The number of aryl methyl sites for hydroxylation is 2. The van der Waals surface area contributed by atoms with Gasteiger partial charge in [0, 0.05) is 0 Å². The predicted molar refractivity (Wildman–Crippen MR) is 67.0 cm³/mol. The van der Waals surface area contributed by atoms with Gasteiger partial charge >= 0.3 is 5.97 Å². The van der Waals surface area contributed by atoms with Crippen LogP contribution >= 0.6 is 0 Å². The number of halogens is 1. The van der Waals surface area contributed by atoms with E-state index < -0.39 is 24.6 Å². The molecule has 6 heteroatoms. The van der Waals surface area contributed by atoms with Crippen LogP contribution in [-0.4, -0.2) is 36.3 Å². The maximum absolute atomic E-state index is 12.3. The lowest BCUT2D eigenvalue weighted by molar-refractivity contribution is -0.142. The molecule has 0 fully saturated rings. The highest BCUT2D eigenvalue weighted by Gasteiger charge is 2.19. The van der Waals surface area contributed by atoms with E-state index in [2.05, 4.69) is 0 Å². The van der Waals surface area contributed by atoms with Crippen LogP contribution in [0.4, 0.5) is 4.39 Å². The predicted octanol–water partition coefficient (Wildman–Crippen LogP) is 1.22. The molecule has 0 saturated carbocycles. The zero-order chi connectivity index (χ0) is 14.4. The fourth-order valence-corrected chi connectivity index (χ4v) is 1.35. The number of carboxylic acid groups (broad SMARTS) is 1. The third-order valence-corrected chi connectivity index (χ3v) is 2.64. The molecular weight excluding hydrogens is 253 g/mol. The van der Waals surface area contributed by atoms with Gasteiger partial charge in [0.05, 0.1) is 0 Å². The summed E-state index contributed by atoms with van der Waals surface area (Å²) >= 11 is 0. The molecule has 0 aliphatic rings. The summed E-state index contributed by atoms with van der Waals surface area (Å²) in [5.41, 5.74) is 2.12. The quantitative estimate of drug-likeness (QED) is 0.814. The monoisotopic (exact) mass is 269 g/mol. The van der Waals surface area contributed by atoms with Gasteiger partial charge in [0.25, 0.3) is 5.91 Å². The minimum atomic E-state index is -1.53. The van der Waals surface area contributed by atoms with Gasteiger partial charge in [-0.3, -0.25) is 4.79 Å². The van der Waals surface area contributed by atoms with Crippen LogP contribution in [0.1, 0.15) is 11.1 Å². The van der Waals surface area contributed by atoms with Gasteiger partial charge in [-0.2, -0.15) is 0 Å². The first kappa shape index (κ1) is 14.9. The minimum absolute atomic E-state index is 0.355. The van der Waals surface area contributed by atoms with Crippen molar-refractivity contribution < 1.29 is 23.8 Å². The highest BCUT2D eigenvalue weighted by molar-refractivity contribution is 5.84. The number of amides is 1. The van der Waals surface area contributed by atoms with Gasteiger partial charge in [-0.1, -0.05) is 6.07 Å². The van der Waals surface area contributed by atoms with E-state index in [1.807, 2.05) is 25.2 Å². The lowest BCUT2D eigenvalue weighted by Crippen LogP contribution is -2.44. The van der Waals surface area contributed by atoms with Gasteiger partial charge < -0.3 is 15.2 Å². The SMILES string of the molecule is Cc1ccc(OCC(=O)NC(CF)C(=O)O)cc1C. The van der Waals surface area contributed by atoms with Crippen LogP contribution < -0.4 is 10.1 Å². The number of hydrogen-bond acceptors (Lipinski definition) is 3. The first-order chi connectivity index (χ1) is 8.93. The van der Waals surface area contributed by atoms with Crippen molar-refractivity contribution in [2.45, 2.75) is 19.9 Å². The van der Waals surface area contributed by atoms with Gasteiger partial charge in [-0.15, -0.1) is 0 Å². The van der Waals surface area contributed by atoms with Crippen molar-refractivity contribution in [1.82, 2.24) is 5.32 Å². The minimum Gasteiger partial charge on any atom is -0.484 e. The molecule has 2 N–H and O–H groups in total. The number of ether oxygens (including phenoxy) is 1. The van der Waals surface area contributed by atoms with Gasteiger partial charge in [0.2, 0.25) is 0 Å². The van der Waals surface area contributed by atoms with Crippen LogP contribution in [0.3, 0.4) is 0 Å². The van der Waals surface area contributed by atoms with Crippen LogP contribution in [-0.2, 0) is 9.59 Å². The van der Waals surface area contributed by atoms with Crippen LogP contribution in [0.15, 0.2) is 18.2 Å². The molecule has 5 nitrogen and oxygen atoms in total. The molecule has 1 aromatic carbocycles. The number of aliphatic carboxylic acids is 1. The van der Waals surface area contributed by atoms with Crippen molar-refractivity contribution in [2.75, 3.05) is 13.3 Å². The molecule has 0 heterocycles. The van der Waals surface area contributed by atoms with Crippen LogP contribution in [0.5, 0.6) is 5.75 Å². The van der Waals surface area contributed by atoms with Crippen LogP contribution in [0.25, 0.3) is 0 Å². The first-order valence-corrected chi connectivity index (χ1v) is 5.72. The fraction of sp³-hybridized carbons (Fsp3) is 0.385. The number of carbonyl (C=O) groups excluding carboxylic acids is 1. The molecule has 19 heavy (non-hydrogen) atoms. The van der Waals surface area contributed by atoms with Crippen molar-refractivity contribution in [3.8, 4) is 5.75 Å². The van der Waals surface area contributed by atoms with Gasteiger partial charge in [0.1, 0.15) is 12.4 Å². The third-order valence-electron chi connectivity index (χ3n) is 2.64. The molecule has 0 spiro atoms. The van der Waals surface area contributed by atoms with E-state index >= 15 is 0 Å². The second kappa shape index (κ2) is 6.72. The molecular formula is C13H16FNO4. The van der Waals surface area contributed by atoms with Gasteiger partial charge in [-0.05, 0) is 37.1 Å². The molecule has 104 valence electrons. The molecule has 1 unspecified atom stereocenters. The smallest absolute Gasteiger partial charge is 0.328 e. The van der Waals surface area contributed by atoms with Crippen molar-refractivity contribution in [3.05, 3.63) is 29.3 Å². The lowest BCUT2D eigenvalue weighted by Gasteiger charge is -2.12. The zero-order valence-electron chi connectivity index (χ0n) is 10.8. The normalized spacial score (nSPS) is 11.7. The Kier molecular flexibility index (Phi) is 5.29. The largest absolute Gasteiger partial charge is 0.484 e. The summed E-state index contributed by atoms with van der Waals surface area (Å²) in [7, 11) is 0. The summed E-state index contributed by atoms with van der Waals surface area (Å²) in [6, 6.07) is 3.80. The molecule has 1 aromatic rings. The standard InChI is InChI=1S/C13H16FNO4/c1-8-3-4-10(5-9(8)2)19-7-12(16)15-11(6-14)13(17)18/h3-5,11H,6-7H2,1-2H3,(H,15,16)(H,17,18). The summed E-state index contributed by atoms with van der Waals surface area (Å²) in [5.74, 6) is -1.59. The Bertz CT molecular complexity index is 476. The summed E-state index contributed by atoms with van der Waals surface area (Å²) < 4.78 is 17.5. The Morgan fingerprint density at radius 3 is 2.58 bits per heavy atom. The Morgan fingerprint density at radius 1 is 1.37 bits per heavy atom. The van der Waals surface area contributed by atoms with E-state index in [0.29, 0.717) is 5.75 Å². The van der Waals surface area contributed by atoms with Crippen molar-refractivity contribution >= 4 is 11.9 Å². The van der Waals surface area contributed by atoms with E-state index in [9.17, 15) is 14.0 Å². The number of hydrogen-bond donors (Lipinski definition) is 2. The van der Waals surface area contributed by atoms with E-state index in [1.54, 1.807) is 12.1 Å². The number of alkyl halides is 1. The Hall–Kier alpha value is -2.11. The third kappa shape index (κ3) is 4.57. The molecule has 1 amide bonds. The highest BCUT2D eigenvalue weighted by atomic mass is 19.1. The zero-order valence-corrected chi connectivity index (χ0v) is 10.8. The van der Waals surface area contributed by atoms with Crippen molar-refractivity contribution in [1.29, 1.82) is 0 Å². The summed E-state index contributed by atoms with van der Waals surface area (Å²) in [4.78, 5) is 21.9. The van der Waals surface area contributed by atoms with E-state index in [0.717, 1.165) is 11.1 Å². The van der Waals surface area contributed by atoms with E-state index in [1.165, 1.54) is 0 Å². The average molecular weight is 269 g/mol. The number of carboxylic acids is 1. The van der Waals surface area contributed by atoms with E-state index in [4.69, 9.17) is 9.84 Å². The molecule has 0 aliphatic carbocycles. The number of benzene rings is 1. The molecule has 0 aliphatic heterocycles. The van der Waals surface area contributed by atoms with Crippen LogP contribution in [0, 0.1) is 13.8 Å². The summed E-state index contributed by atoms with van der Waals surface area (Å²) in [6.07, 6.45) is 0. The molecule has 1 rings (SSSR count). The fourth-order valence-electron chi connectivity index (χ4n) is 1.35. The Morgan fingerprint density at radius 2 is 2.05 bits per heavy atom. The summed E-state index contributed by atoms with van der Waals surface area (Å²) in [6.45, 7) is 2.34.